The predicted molar refractivity (Wildman–Crippen MR) is 81.8 cm³/mol. The van der Waals surface area contributed by atoms with Crippen LogP contribution in [0.1, 0.15) is 77.6 Å². The van der Waals surface area contributed by atoms with E-state index in [2.05, 4.69) is 12.2 Å². The van der Waals surface area contributed by atoms with Crippen LogP contribution in [-0.2, 0) is 9.59 Å². The maximum absolute atomic E-state index is 12.7. The summed E-state index contributed by atoms with van der Waals surface area (Å²) in [6, 6.07) is -0.104. The van der Waals surface area contributed by atoms with Crippen molar-refractivity contribution >= 4 is 11.8 Å². The van der Waals surface area contributed by atoms with Crippen molar-refractivity contribution < 1.29 is 9.59 Å². The number of hydrogen-bond donors (Lipinski definition) is 1. The molecule has 2 saturated carbocycles. The van der Waals surface area contributed by atoms with Gasteiger partial charge in [0.05, 0.1) is 12.5 Å². The SMILES string of the molecule is CC1(NC2CC(=O)N(C3CCCCC3)C2=O)CCCCC1. The van der Waals surface area contributed by atoms with Crippen LogP contribution < -0.4 is 5.32 Å². The summed E-state index contributed by atoms with van der Waals surface area (Å²) in [6.07, 6.45) is 11.9. The van der Waals surface area contributed by atoms with Gasteiger partial charge in [-0.1, -0.05) is 38.5 Å². The number of nitrogens with zero attached hydrogens (tertiary/aromatic N) is 1. The maximum atomic E-state index is 12.7. The standard InChI is InChI=1S/C17H28N2O2/c1-17(10-6-3-7-11-17)18-14-12-15(20)19(16(14)21)13-8-4-2-5-9-13/h13-14,18H,2-12H2,1H3. The van der Waals surface area contributed by atoms with E-state index in [0.29, 0.717) is 6.42 Å². The Balaban J connectivity index is 1.65. The van der Waals surface area contributed by atoms with Crippen LogP contribution in [0.2, 0.25) is 0 Å². The average Bonchev–Trinajstić information content (AvgIpc) is 2.74. The highest BCUT2D eigenvalue weighted by molar-refractivity contribution is 6.05. The van der Waals surface area contributed by atoms with Crippen LogP contribution in [0.3, 0.4) is 0 Å². The Bertz CT molecular complexity index is 409. The van der Waals surface area contributed by atoms with Gasteiger partial charge in [-0.25, -0.2) is 0 Å². The molecule has 2 aliphatic carbocycles. The molecule has 3 aliphatic rings. The summed E-state index contributed by atoms with van der Waals surface area (Å²) in [7, 11) is 0. The van der Waals surface area contributed by atoms with Gasteiger partial charge in [0.15, 0.2) is 0 Å². The monoisotopic (exact) mass is 292 g/mol. The third-order valence-electron chi connectivity index (χ3n) is 5.60. The van der Waals surface area contributed by atoms with Gasteiger partial charge in [-0.05, 0) is 32.6 Å². The first-order chi connectivity index (χ1) is 10.1. The molecule has 21 heavy (non-hydrogen) atoms. The van der Waals surface area contributed by atoms with E-state index in [4.69, 9.17) is 0 Å². The summed E-state index contributed by atoms with van der Waals surface area (Å²) in [5.41, 5.74) is 0.0431. The Morgan fingerprint density at radius 3 is 2.29 bits per heavy atom. The molecule has 1 aliphatic heterocycles. The van der Waals surface area contributed by atoms with Gasteiger partial charge in [-0.15, -0.1) is 0 Å². The Hall–Kier alpha value is -0.900. The first kappa shape index (κ1) is 15.0. The fourth-order valence-corrected chi connectivity index (χ4v) is 4.38. The summed E-state index contributed by atoms with van der Waals surface area (Å²) in [5.74, 6) is 0.0857. The van der Waals surface area contributed by atoms with Gasteiger partial charge in [-0.3, -0.25) is 14.5 Å². The molecule has 4 nitrogen and oxygen atoms in total. The van der Waals surface area contributed by atoms with Gasteiger partial charge < -0.3 is 5.32 Å². The van der Waals surface area contributed by atoms with Crippen molar-refractivity contribution in [2.45, 2.75) is 95.2 Å². The third kappa shape index (κ3) is 3.15. The first-order valence-corrected chi connectivity index (χ1v) is 8.73. The molecule has 0 aromatic heterocycles. The van der Waals surface area contributed by atoms with Crippen molar-refractivity contribution in [3.63, 3.8) is 0 Å². The Morgan fingerprint density at radius 2 is 1.62 bits per heavy atom. The average molecular weight is 292 g/mol. The highest BCUT2D eigenvalue weighted by Crippen LogP contribution is 2.31. The van der Waals surface area contributed by atoms with Crippen LogP contribution in [0.15, 0.2) is 0 Å². The molecule has 0 bridgehead atoms. The number of nitrogens with one attached hydrogen (secondary N) is 1. The van der Waals surface area contributed by atoms with Gasteiger partial charge in [0.2, 0.25) is 11.8 Å². The van der Waals surface area contributed by atoms with Crippen LogP contribution >= 0.6 is 0 Å². The summed E-state index contributed by atoms with van der Waals surface area (Å²) in [4.78, 5) is 26.6. The molecule has 0 radical (unpaired) electrons. The molecule has 1 N–H and O–H groups in total. The number of amides is 2. The lowest BCUT2D eigenvalue weighted by atomic mass is 9.82. The number of carbonyl (C=O) groups excluding carboxylic acids is 2. The molecule has 0 aromatic carbocycles. The molecule has 0 aromatic rings. The highest BCUT2D eigenvalue weighted by atomic mass is 16.2. The molecule has 1 unspecified atom stereocenters. The number of rotatable bonds is 3. The molecule has 3 rings (SSSR count). The number of likely N-dealkylation sites (tertiary alicyclic amines) is 1. The van der Waals surface area contributed by atoms with Gasteiger partial charge >= 0.3 is 0 Å². The molecule has 3 fully saturated rings. The van der Waals surface area contributed by atoms with Gasteiger partial charge in [0.1, 0.15) is 0 Å². The Labute approximate surface area is 127 Å². The van der Waals surface area contributed by atoms with Crippen molar-refractivity contribution in [1.82, 2.24) is 10.2 Å². The largest absolute Gasteiger partial charge is 0.300 e. The number of imide groups is 1. The molecule has 118 valence electrons. The van der Waals surface area contributed by atoms with E-state index in [-0.39, 0.29) is 29.4 Å². The summed E-state index contributed by atoms with van der Waals surface area (Å²) >= 11 is 0. The molecule has 0 spiro atoms. The van der Waals surface area contributed by atoms with E-state index in [9.17, 15) is 9.59 Å². The van der Waals surface area contributed by atoms with Crippen LogP contribution in [0.25, 0.3) is 0 Å². The Kier molecular flexibility index (Phi) is 4.34. The summed E-state index contributed by atoms with van der Waals surface area (Å²) in [5, 5.41) is 3.53. The highest BCUT2D eigenvalue weighted by Gasteiger charge is 2.44. The zero-order valence-corrected chi connectivity index (χ0v) is 13.2. The van der Waals surface area contributed by atoms with Crippen LogP contribution in [0, 0.1) is 0 Å². The van der Waals surface area contributed by atoms with Crippen molar-refractivity contribution in [1.29, 1.82) is 0 Å². The molecule has 2 amide bonds. The molecule has 1 atom stereocenters. The molecule has 1 saturated heterocycles. The maximum Gasteiger partial charge on any atom is 0.247 e. The van der Waals surface area contributed by atoms with Crippen molar-refractivity contribution in [2.24, 2.45) is 0 Å². The smallest absolute Gasteiger partial charge is 0.247 e. The van der Waals surface area contributed by atoms with Crippen molar-refractivity contribution in [2.75, 3.05) is 0 Å². The zero-order chi connectivity index (χ0) is 14.9. The lowest BCUT2D eigenvalue weighted by Gasteiger charge is -2.37. The van der Waals surface area contributed by atoms with E-state index in [1.807, 2.05) is 0 Å². The Morgan fingerprint density at radius 1 is 1.00 bits per heavy atom. The second-order valence-corrected chi connectivity index (χ2v) is 7.42. The van der Waals surface area contributed by atoms with Gasteiger partial charge in [0.25, 0.3) is 0 Å². The van der Waals surface area contributed by atoms with E-state index in [1.165, 1.54) is 25.7 Å². The quantitative estimate of drug-likeness (QED) is 0.814. The van der Waals surface area contributed by atoms with E-state index >= 15 is 0 Å². The minimum Gasteiger partial charge on any atom is -0.300 e. The fraction of sp³-hybridized carbons (Fsp3) is 0.882. The minimum absolute atomic E-state index is 0.0405. The van der Waals surface area contributed by atoms with Crippen molar-refractivity contribution in [3.8, 4) is 0 Å². The fourth-order valence-electron chi connectivity index (χ4n) is 4.38. The second-order valence-electron chi connectivity index (χ2n) is 7.42. The van der Waals surface area contributed by atoms with Crippen molar-refractivity contribution in [3.05, 3.63) is 0 Å². The lowest BCUT2D eigenvalue weighted by Crippen LogP contribution is -2.53. The van der Waals surface area contributed by atoms with Crippen LogP contribution in [-0.4, -0.2) is 34.3 Å². The van der Waals surface area contributed by atoms with Gasteiger partial charge in [0, 0.05) is 11.6 Å². The molecule has 4 heteroatoms. The number of carbonyl (C=O) groups is 2. The predicted octanol–water partition coefficient (Wildman–Crippen LogP) is 2.76. The topological polar surface area (TPSA) is 49.4 Å². The molecular formula is C17H28N2O2. The van der Waals surface area contributed by atoms with Crippen LogP contribution in [0.4, 0.5) is 0 Å². The summed E-state index contributed by atoms with van der Waals surface area (Å²) < 4.78 is 0. The zero-order valence-electron chi connectivity index (χ0n) is 13.2. The third-order valence-corrected chi connectivity index (χ3v) is 5.60. The van der Waals surface area contributed by atoms with Gasteiger partial charge in [-0.2, -0.15) is 0 Å². The number of hydrogen-bond acceptors (Lipinski definition) is 3. The lowest BCUT2D eigenvalue weighted by molar-refractivity contribution is -0.142. The molecular weight excluding hydrogens is 264 g/mol. The molecule has 1 heterocycles. The first-order valence-electron chi connectivity index (χ1n) is 8.73. The van der Waals surface area contributed by atoms with E-state index in [1.54, 1.807) is 4.90 Å². The minimum atomic E-state index is -0.275. The summed E-state index contributed by atoms with van der Waals surface area (Å²) in [6.45, 7) is 2.22. The van der Waals surface area contributed by atoms with Crippen LogP contribution in [0.5, 0.6) is 0 Å². The van der Waals surface area contributed by atoms with E-state index < -0.39 is 0 Å². The second kappa shape index (κ2) is 6.07. The van der Waals surface area contributed by atoms with E-state index in [0.717, 1.165) is 38.5 Å². The normalized spacial score (nSPS) is 30.9.